The molecule has 0 unspecified atom stereocenters. The fourth-order valence-corrected chi connectivity index (χ4v) is 1.63. The summed E-state index contributed by atoms with van der Waals surface area (Å²) in [6.07, 6.45) is 5.50. The van der Waals surface area contributed by atoms with Gasteiger partial charge in [0.15, 0.2) is 0 Å². The zero-order valence-corrected chi connectivity index (χ0v) is 8.43. The fraction of sp³-hybridized carbons (Fsp3) is 0.900. The van der Waals surface area contributed by atoms with Crippen molar-refractivity contribution in [2.75, 3.05) is 13.2 Å². The number of carbonyl (C=O) groups excluding carboxylic acids is 1. The van der Waals surface area contributed by atoms with Crippen LogP contribution in [0.3, 0.4) is 0 Å². The SMILES string of the molecule is O=C(NCCCF)OC1CCCCC1. The zero-order chi connectivity index (χ0) is 10.2. The number of alkyl halides is 1. The summed E-state index contributed by atoms with van der Waals surface area (Å²) in [4.78, 5) is 11.1. The highest BCUT2D eigenvalue weighted by Gasteiger charge is 2.16. The van der Waals surface area contributed by atoms with Gasteiger partial charge in [0, 0.05) is 6.54 Å². The molecule has 1 aliphatic rings. The molecule has 0 heterocycles. The molecule has 1 amide bonds. The van der Waals surface area contributed by atoms with E-state index in [9.17, 15) is 9.18 Å². The molecule has 4 heteroatoms. The molecule has 0 aromatic heterocycles. The number of rotatable bonds is 4. The van der Waals surface area contributed by atoms with Crippen LogP contribution in [0, 0.1) is 0 Å². The third kappa shape index (κ3) is 4.44. The van der Waals surface area contributed by atoms with Gasteiger partial charge in [0.2, 0.25) is 0 Å². The molecule has 0 atom stereocenters. The summed E-state index contributed by atoms with van der Waals surface area (Å²) in [7, 11) is 0. The first-order chi connectivity index (χ1) is 6.83. The molecular formula is C10H18FNO2. The van der Waals surface area contributed by atoms with Crippen molar-refractivity contribution >= 4 is 6.09 Å². The predicted octanol–water partition coefficient (Wildman–Crippen LogP) is 2.40. The molecule has 1 saturated carbocycles. The molecule has 0 aromatic carbocycles. The lowest BCUT2D eigenvalue weighted by Gasteiger charge is -2.21. The van der Waals surface area contributed by atoms with Crippen LogP contribution >= 0.6 is 0 Å². The number of ether oxygens (including phenoxy) is 1. The van der Waals surface area contributed by atoms with E-state index in [2.05, 4.69) is 5.32 Å². The standard InChI is InChI=1S/C10H18FNO2/c11-7-4-8-12-10(13)14-9-5-2-1-3-6-9/h9H,1-8H2,(H,12,13). The van der Waals surface area contributed by atoms with Gasteiger partial charge in [0.25, 0.3) is 0 Å². The molecule has 0 bridgehead atoms. The maximum atomic E-state index is 11.7. The van der Waals surface area contributed by atoms with Crippen LogP contribution in [0.1, 0.15) is 38.5 Å². The van der Waals surface area contributed by atoms with Gasteiger partial charge in [0.05, 0.1) is 6.67 Å². The van der Waals surface area contributed by atoms with Crippen molar-refractivity contribution in [1.29, 1.82) is 0 Å². The minimum Gasteiger partial charge on any atom is -0.446 e. The van der Waals surface area contributed by atoms with Crippen LogP contribution in [0.2, 0.25) is 0 Å². The van der Waals surface area contributed by atoms with Gasteiger partial charge >= 0.3 is 6.09 Å². The first kappa shape index (κ1) is 11.3. The fourth-order valence-electron chi connectivity index (χ4n) is 1.63. The van der Waals surface area contributed by atoms with E-state index < -0.39 is 12.8 Å². The third-order valence-corrected chi connectivity index (χ3v) is 2.41. The Labute approximate surface area is 84.0 Å². The highest BCUT2D eigenvalue weighted by Crippen LogP contribution is 2.20. The van der Waals surface area contributed by atoms with E-state index in [0.29, 0.717) is 13.0 Å². The summed E-state index contributed by atoms with van der Waals surface area (Å²) in [5.74, 6) is 0. The molecule has 0 spiro atoms. The lowest BCUT2D eigenvalue weighted by atomic mass is 9.98. The van der Waals surface area contributed by atoms with E-state index in [1.54, 1.807) is 0 Å². The van der Waals surface area contributed by atoms with Gasteiger partial charge in [-0.3, -0.25) is 4.39 Å². The second-order valence-electron chi connectivity index (χ2n) is 3.63. The molecule has 1 N–H and O–H groups in total. The summed E-state index contributed by atoms with van der Waals surface area (Å²) >= 11 is 0. The highest BCUT2D eigenvalue weighted by atomic mass is 19.1. The molecule has 1 fully saturated rings. The van der Waals surface area contributed by atoms with Gasteiger partial charge in [-0.25, -0.2) is 4.79 Å². The number of halogens is 1. The summed E-state index contributed by atoms with van der Waals surface area (Å²) in [6.45, 7) is -0.0360. The number of hydrogen-bond donors (Lipinski definition) is 1. The van der Waals surface area contributed by atoms with Crippen molar-refractivity contribution in [3.05, 3.63) is 0 Å². The van der Waals surface area contributed by atoms with E-state index in [1.807, 2.05) is 0 Å². The molecule has 1 aliphatic carbocycles. The normalized spacial score (nSPS) is 17.8. The van der Waals surface area contributed by atoms with E-state index in [1.165, 1.54) is 6.42 Å². The average Bonchev–Trinajstić information content (AvgIpc) is 2.20. The molecule has 0 saturated heterocycles. The van der Waals surface area contributed by atoms with Crippen LogP contribution < -0.4 is 5.32 Å². The smallest absolute Gasteiger partial charge is 0.407 e. The topological polar surface area (TPSA) is 38.3 Å². The minimum absolute atomic E-state index is 0.0779. The highest BCUT2D eigenvalue weighted by molar-refractivity contribution is 5.67. The van der Waals surface area contributed by atoms with Gasteiger partial charge in [-0.2, -0.15) is 0 Å². The maximum absolute atomic E-state index is 11.7. The van der Waals surface area contributed by atoms with Crippen LogP contribution in [0.15, 0.2) is 0 Å². The second kappa shape index (κ2) is 6.62. The Hall–Kier alpha value is -0.800. The monoisotopic (exact) mass is 203 g/mol. The summed E-state index contributed by atoms with van der Waals surface area (Å²) in [5.41, 5.74) is 0. The summed E-state index contributed by atoms with van der Waals surface area (Å²) < 4.78 is 16.9. The largest absolute Gasteiger partial charge is 0.446 e. The van der Waals surface area contributed by atoms with E-state index >= 15 is 0 Å². The average molecular weight is 203 g/mol. The molecule has 14 heavy (non-hydrogen) atoms. The van der Waals surface area contributed by atoms with Crippen molar-refractivity contribution in [2.24, 2.45) is 0 Å². The van der Waals surface area contributed by atoms with Crippen molar-refractivity contribution in [1.82, 2.24) is 5.32 Å². The maximum Gasteiger partial charge on any atom is 0.407 e. The lowest BCUT2D eigenvalue weighted by Crippen LogP contribution is -2.30. The number of nitrogens with one attached hydrogen (secondary N) is 1. The Balaban J connectivity index is 2.06. The molecule has 3 nitrogen and oxygen atoms in total. The van der Waals surface area contributed by atoms with Crippen molar-refractivity contribution in [2.45, 2.75) is 44.6 Å². The Kier molecular flexibility index (Phi) is 5.33. The third-order valence-electron chi connectivity index (χ3n) is 2.41. The van der Waals surface area contributed by atoms with Crippen LogP contribution in [0.5, 0.6) is 0 Å². The van der Waals surface area contributed by atoms with E-state index in [0.717, 1.165) is 25.7 Å². The first-order valence-corrected chi connectivity index (χ1v) is 5.33. The van der Waals surface area contributed by atoms with Crippen molar-refractivity contribution in [3.63, 3.8) is 0 Å². The Morgan fingerprint density at radius 1 is 1.36 bits per heavy atom. The van der Waals surface area contributed by atoms with Crippen LogP contribution in [0.4, 0.5) is 9.18 Å². The minimum atomic E-state index is -0.399. The molecule has 0 radical (unpaired) electrons. The van der Waals surface area contributed by atoms with Crippen LogP contribution in [-0.4, -0.2) is 25.4 Å². The van der Waals surface area contributed by atoms with Gasteiger partial charge in [-0.1, -0.05) is 6.42 Å². The number of amides is 1. The van der Waals surface area contributed by atoms with Crippen LogP contribution in [-0.2, 0) is 4.74 Å². The summed E-state index contributed by atoms with van der Waals surface area (Å²) in [5, 5.41) is 2.53. The Morgan fingerprint density at radius 3 is 2.71 bits per heavy atom. The van der Waals surface area contributed by atoms with Gasteiger partial charge in [0.1, 0.15) is 6.10 Å². The van der Waals surface area contributed by atoms with E-state index in [4.69, 9.17) is 4.74 Å². The number of carbonyl (C=O) groups is 1. The van der Waals surface area contributed by atoms with Gasteiger partial charge in [-0.15, -0.1) is 0 Å². The summed E-state index contributed by atoms with van der Waals surface area (Å²) in [6, 6.07) is 0. The first-order valence-electron chi connectivity index (χ1n) is 5.33. The quantitative estimate of drug-likeness (QED) is 0.712. The molecule has 0 aliphatic heterocycles. The Bertz CT molecular complexity index is 170. The van der Waals surface area contributed by atoms with Crippen molar-refractivity contribution < 1.29 is 13.9 Å². The van der Waals surface area contributed by atoms with Gasteiger partial charge in [-0.05, 0) is 32.1 Å². The number of alkyl carbamates (subject to hydrolysis) is 1. The molecule has 1 rings (SSSR count). The zero-order valence-electron chi connectivity index (χ0n) is 8.43. The van der Waals surface area contributed by atoms with Crippen LogP contribution in [0.25, 0.3) is 0 Å². The predicted molar refractivity (Wildman–Crippen MR) is 51.9 cm³/mol. The van der Waals surface area contributed by atoms with Crippen molar-refractivity contribution in [3.8, 4) is 0 Å². The van der Waals surface area contributed by atoms with E-state index in [-0.39, 0.29) is 6.10 Å². The second-order valence-corrected chi connectivity index (χ2v) is 3.63. The van der Waals surface area contributed by atoms with Gasteiger partial charge < -0.3 is 10.1 Å². The lowest BCUT2D eigenvalue weighted by molar-refractivity contribution is 0.0753. The molecule has 0 aromatic rings. The Morgan fingerprint density at radius 2 is 2.07 bits per heavy atom. The molecule has 82 valence electrons. The number of hydrogen-bond acceptors (Lipinski definition) is 2. The molecular weight excluding hydrogens is 185 g/mol.